The van der Waals surface area contributed by atoms with Crippen molar-refractivity contribution in [3.05, 3.63) is 70.8 Å². The van der Waals surface area contributed by atoms with Crippen LogP contribution in [0.4, 0.5) is 0 Å². The topological polar surface area (TPSA) is 20.2 Å². The zero-order chi connectivity index (χ0) is 13.8. The summed E-state index contributed by atoms with van der Waals surface area (Å²) in [6.07, 6.45) is 0.516. The van der Waals surface area contributed by atoms with E-state index in [9.17, 15) is 5.11 Å². The van der Waals surface area contributed by atoms with E-state index in [1.54, 1.807) is 0 Å². The number of benzene rings is 2. The van der Waals surface area contributed by atoms with Crippen LogP contribution in [0, 0.1) is 12.8 Å². The van der Waals surface area contributed by atoms with Gasteiger partial charge in [-0.3, -0.25) is 0 Å². The quantitative estimate of drug-likeness (QED) is 0.863. The van der Waals surface area contributed by atoms with Gasteiger partial charge in [-0.15, -0.1) is 0 Å². The van der Waals surface area contributed by atoms with E-state index in [-0.39, 0.29) is 0 Å². The molecule has 0 aliphatic heterocycles. The minimum atomic E-state index is -0.534. The van der Waals surface area contributed by atoms with Crippen LogP contribution in [0.2, 0.25) is 0 Å². The molecule has 0 aliphatic carbocycles. The Morgan fingerprint density at radius 2 is 1.74 bits per heavy atom. The Bertz CT molecular complexity index is 543. The lowest BCUT2D eigenvalue weighted by atomic mass is 9.94. The molecule has 1 atom stereocenters. The van der Waals surface area contributed by atoms with Crippen LogP contribution in [0.5, 0.6) is 0 Å². The van der Waals surface area contributed by atoms with Gasteiger partial charge in [-0.25, -0.2) is 0 Å². The van der Waals surface area contributed by atoms with Gasteiger partial charge in [-0.1, -0.05) is 62.4 Å². The van der Waals surface area contributed by atoms with Crippen molar-refractivity contribution < 1.29 is 5.11 Å². The fourth-order valence-electron chi connectivity index (χ4n) is 2.43. The molecule has 0 saturated heterocycles. The second-order valence-electron chi connectivity index (χ2n) is 5.60. The molecule has 0 bridgehead atoms. The Morgan fingerprint density at radius 1 is 1.00 bits per heavy atom. The lowest BCUT2D eigenvalue weighted by molar-refractivity contribution is 0.219. The van der Waals surface area contributed by atoms with Crippen LogP contribution >= 0.6 is 0 Å². The summed E-state index contributed by atoms with van der Waals surface area (Å²) in [5, 5.41) is 10.5. The first kappa shape index (κ1) is 13.8. The highest BCUT2D eigenvalue weighted by atomic mass is 16.3. The molecule has 2 aromatic rings. The molecule has 0 amide bonds. The fourth-order valence-corrected chi connectivity index (χ4v) is 2.43. The molecule has 0 saturated carbocycles. The van der Waals surface area contributed by atoms with Crippen LogP contribution in [-0.4, -0.2) is 5.11 Å². The summed E-state index contributed by atoms with van der Waals surface area (Å²) in [6.45, 7) is 6.46. The Labute approximate surface area is 115 Å². The maximum atomic E-state index is 10.5. The third-order valence-electron chi connectivity index (χ3n) is 3.39. The minimum absolute atomic E-state index is 0.534. The van der Waals surface area contributed by atoms with E-state index in [1.807, 2.05) is 43.3 Å². The highest BCUT2D eigenvalue weighted by molar-refractivity contribution is 5.36. The highest BCUT2D eigenvalue weighted by Crippen LogP contribution is 2.25. The monoisotopic (exact) mass is 254 g/mol. The van der Waals surface area contributed by atoms with E-state index in [0.717, 1.165) is 23.1 Å². The van der Waals surface area contributed by atoms with Crippen molar-refractivity contribution in [3.63, 3.8) is 0 Å². The maximum absolute atomic E-state index is 10.5. The molecule has 100 valence electrons. The third kappa shape index (κ3) is 3.45. The van der Waals surface area contributed by atoms with Crippen molar-refractivity contribution in [1.82, 2.24) is 0 Å². The molecule has 19 heavy (non-hydrogen) atoms. The predicted octanol–water partition coefficient (Wildman–Crippen LogP) is 4.28. The molecule has 0 spiro atoms. The van der Waals surface area contributed by atoms with Crippen molar-refractivity contribution in [3.8, 4) is 0 Å². The molecule has 1 N–H and O–H groups in total. The summed E-state index contributed by atoms with van der Waals surface area (Å²) in [4.78, 5) is 0. The zero-order valence-corrected chi connectivity index (χ0v) is 11.9. The van der Waals surface area contributed by atoms with Gasteiger partial charge in [0, 0.05) is 0 Å². The molecule has 0 aromatic heterocycles. The van der Waals surface area contributed by atoms with Crippen LogP contribution in [0.15, 0.2) is 48.5 Å². The average Bonchev–Trinajstić information content (AvgIpc) is 2.38. The van der Waals surface area contributed by atoms with Gasteiger partial charge < -0.3 is 5.11 Å². The van der Waals surface area contributed by atoms with Crippen LogP contribution in [0.1, 0.15) is 42.2 Å². The van der Waals surface area contributed by atoms with Crippen LogP contribution in [0.25, 0.3) is 0 Å². The molecule has 2 aromatic carbocycles. The van der Waals surface area contributed by atoms with Gasteiger partial charge in [-0.2, -0.15) is 0 Å². The Morgan fingerprint density at radius 3 is 2.42 bits per heavy atom. The predicted molar refractivity (Wildman–Crippen MR) is 80.2 cm³/mol. The Hall–Kier alpha value is -1.60. The minimum Gasteiger partial charge on any atom is -0.384 e. The van der Waals surface area contributed by atoms with E-state index in [1.165, 1.54) is 5.56 Å². The molecule has 0 heterocycles. The molecule has 1 unspecified atom stereocenters. The number of aliphatic hydroxyl groups excluding tert-OH is 1. The summed E-state index contributed by atoms with van der Waals surface area (Å²) < 4.78 is 0. The molecular weight excluding hydrogens is 232 g/mol. The SMILES string of the molecule is Cc1ccccc1C(O)c1cccc(CC(C)C)c1. The van der Waals surface area contributed by atoms with Gasteiger partial charge in [0.15, 0.2) is 0 Å². The van der Waals surface area contributed by atoms with Gasteiger partial charge in [0.2, 0.25) is 0 Å². The maximum Gasteiger partial charge on any atom is 0.104 e. The lowest BCUT2D eigenvalue weighted by Crippen LogP contribution is -2.03. The summed E-state index contributed by atoms with van der Waals surface area (Å²) >= 11 is 0. The second-order valence-corrected chi connectivity index (χ2v) is 5.60. The first-order chi connectivity index (χ1) is 9.08. The number of aryl methyl sites for hydroxylation is 1. The number of hydrogen-bond acceptors (Lipinski definition) is 1. The van der Waals surface area contributed by atoms with E-state index in [0.29, 0.717) is 5.92 Å². The van der Waals surface area contributed by atoms with E-state index in [2.05, 4.69) is 26.0 Å². The number of rotatable bonds is 4. The highest BCUT2D eigenvalue weighted by Gasteiger charge is 2.12. The second kappa shape index (κ2) is 6.03. The fraction of sp³-hybridized carbons (Fsp3) is 0.333. The van der Waals surface area contributed by atoms with Gasteiger partial charge >= 0.3 is 0 Å². The van der Waals surface area contributed by atoms with Gasteiger partial charge in [-0.05, 0) is 41.5 Å². The summed E-state index contributed by atoms with van der Waals surface area (Å²) in [5.74, 6) is 0.630. The van der Waals surface area contributed by atoms with Gasteiger partial charge in [0.1, 0.15) is 6.10 Å². The van der Waals surface area contributed by atoms with E-state index >= 15 is 0 Å². The van der Waals surface area contributed by atoms with Crippen LogP contribution < -0.4 is 0 Å². The summed E-state index contributed by atoms with van der Waals surface area (Å²) in [7, 11) is 0. The summed E-state index contributed by atoms with van der Waals surface area (Å²) in [5.41, 5.74) is 4.39. The number of hydrogen-bond donors (Lipinski definition) is 1. The first-order valence-corrected chi connectivity index (χ1v) is 6.90. The Kier molecular flexibility index (Phi) is 4.39. The third-order valence-corrected chi connectivity index (χ3v) is 3.39. The van der Waals surface area contributed by atoms with Crippen LogP contribution in [-0.2, 0) is 6.42 Å². The van der Waals surface area contributed by atoms with Crippen molar-refractivity contribution in [1.29, 1.82) is 0 Å². The smallest absolute Gasteiger partial charge is 0.104 e. The van der Waals surface area contributed by atoms with Crippen molar-refractivity contribution in [2.75, 3.05) is 0 Å². The van der Waals surface area contributed by atoms with Crippen molar-refractivity contribution in [2.45, 2.75) is 33.3 Å². The molecule has 0 fully saturated rings. The molecular formula is C18H22O. The van der Waals surface area contributed by atoms with Gasteiger partial charge in [0.25, 0.3) is 0 Å². The van der Waals surface area contributed by atoms with E-state index < -0.39 is 6.10 Å². The largest absolute Gasteiger partial charge is 0.384 e. The molecule has 2 rings (SSSR count). The normalized spacial score (nSPS) is 12.7. The Balaban J connectivity index is 2.29. The molecule has 0 radical (unpaired) electrons. The number of aliphatic hydroxyl groups is 1. The van der Waals surface area contributed by atoms with Gasteiger partial charge in [0.05, 0.1) is 0 Å². The van der Waals surface area contributed by atoms with E-state index in [4.69, 9.17) is 0 Å². The zero-order valence-electron chi connectivity index (χ0n) is 11.9. The van der Waals surface area contributed by atoms with Crippen molar-refractivity contribution in [2.24, 2.45) is 5.92 Å². The first-order valence-electron chi connectivity index (χ1n) is 6.90. The standard InChI is InChI=1S/C18H22O/c1-13(2)11-15-8-6-9-16(12-15)18(19)17-10-5-4-7-14(17)3/h4-10,12-13,18-19H,11H2,1-3H3. The van der Waals surface area contributed by atoms with Crippen molar-refractivity contribution >= 4 is 0 Å². The lowest BCUT2D eigenvalue weighted by Gasteiger charge is -2.15. The van der Waals surface area contributed by atoms with Crippen LogP contribution in [0.3, 0.4) is 0 Å². The molecule has 1 heteroatoms. The molecule has 1 nitrogen and oxygen atoms in total. The summed E-state index contributed by atoms with van der Waals surface area (Å²) in [6, 6.07) is 16.3. The average molecular weight is 254 g/mol. The molecule has 0 aliphatic rings.